The van der Waals surface area contributed by atoms with Gasteiger partial charge in [0.25, 0.3) is 15.9 Å². The first-order chi connectivity index (χ1) is 16.8. The summed E-state index contributed by atoms with van der Waals surface area (Å²) in [5, 5.41) is 6.51. The van der Waals surface area contributed by atoms with Crippen molar-refractivity contribution in [2.45, 2.75) is 11.8 Å². The number of para-hydroxylation sites is 1. The molecule has 3 aromatic rings. The Labute approximate surface area is 202 Å². The number of fused-ring (bicyclic) bond motifs is 1. The number of hydrazone groups is 1. The highest BCUT2D eigenvalue weighted by Gasteiger charge is 2.27. The van der Waals surface area contributed by atoms with Crippen molar-refractivity contribution in [1.82, 2.24) is 5.43 Å². The first kappa shape index (κ1) is 23.8. The number of rotatable bonds is 8. The van der Waals surface area contributed by atoms with Crippen LogP contribution >= 0.6 is 0 Å². The fourth-order valence-electron chi connectivity index (χ4n) is 3.29. The molecule has 0 aliphatic carbocycles. The molecule has 0 unspecified atom stereocenters. The van der Waals surface area contributed by atoms with E-state index in [4.69, 9.17) is 9.47 Å². The van der Waals surface area contributed by atoms with Gasteiger partial charge in [0, 0.05) is 12.6 Å². The maximum absolute atomic E-state index is 13.4. The molecule has 10 nitrogen and oxygen atoms in total. The van der Waals surface area contributed by atoms with Gasteiger partial charge in [0.1, 0.15) is 6.54 Å². The number of hydrogen-bond acceptors (Lipinski definition) is 7. The molecule has 35 heavy (non-hydrogen) atoms. The Morgan fingerprint density at radius 2 is 1.71 bits per heavy atom. The molecule has 0 saturated carbocycles. The Morgan fingerprint density at radius 3 is 2.43 bits per heavy atom. The molecule has 0 spiro atoms. The molecule has 0 saturated heterocycles. The number of ether oxygens (including phenoxy) is 2. The van der Waals surface area contributed by atoms with Crippen molar-refractivity contribution in [3.05, 3.63) is 78.4 Å². The van der Waals surface area contributed by atoms with Crippen molar-refractivity contribution >= 4 is 39.4 Å². The summed E-state index contributed by atoms with van der Waals surface area (Å²) in [5.74, 6) is 0.292. The Kier molecular flexibility index (Phi) is 6.97. The molecule has 2 N–H and O–H groups in total. The summed E-state index contributed by atoms with van der Waals surface area (Å²) in [6, 6.07) is 19.1. The van der Waals surface area contributed by atoms with Crippen LogP contribution in [-0.2, 0) is 19.6 Å². The molecule has 1 aliphatic rings. The Hall–Kier alpha value is -4.38. The maximum atomic E-state index is 13.4. The van der Waals surface area contributed by atoms with Crippen molar-refractivity contribution in [2.75, 3.05) is 23.0 Å². The van der Waals surface area contributed by atoms with Crippen LogP contribution < -0.4 is 24.5 Å². The van der Waals surface area contributed by atoms with Gasteiger partial charge < -0.3 is 14.8 Å². The number of amides is 2. The number of benzene rings is 3. The molecule has 180 valence electrons. The van der Waals surface area contributed by atoms with E-state index in [-0.39, 0.29) is 17.6 Å². The van der Waals surface area contributed by atoms with Crippen LogP contribution in [0, 0.1) is 0 Å². The Bertz CT molecular complexity index is 1360. The summed E-state index contributed by atoms with van der Waals surface area (Å²) in [7, 11) is -4.10. The number of sulfonamides is 1. The van der Waals surface area contributed by atoms with Crippen LogP contribution in [0.25, 0.3) is 0 Å². The SMILES string of the molecule is CC(=O)Nc1ccc(S(=O)(=O)N(CC(=O)N/N=C\c2ccc3c(c2)OCO3)c2ccccc2)cc1. The number of hydrogen-bond donors (Lipinski definition) is 2. The van der Waals surface area contributed by atoms with Gasteiger partial charge in [-0.05, 0) is 60.2 Å². The summed E-state index contributed by atoms with van der Waals surface area (Å²) in [4.78, 5) is 23.8. The van der Waals surface area contributed by atoms with Crippen LogP contribution in [0.15, 0.2) is 82.8 Å². The van der Waals surface area contributed by atoms with Crippen LogP contribution in [0.4, 0.5) is 11.4 Å². The molecule has 0 atom stereocenters. The van der Waals surface area contributed by atoms with Crippen molar-refractivity contribution < 1.29 is 27.5 Å². The molecule has 0 bridgehead atoms. The third-order valence-electron chi connectivity index (χ3n) is 4.89. The number of nitrogens with one attached hydrogen (secondary N) is 2. The minimum absolute atomic E-state index is 0.0351. The third kappa shape index (κ3) is 5.76. The summed E-state index contributed by atoms with van der Waals surface area (Å²) in [5.41, 5.74) is 3.80. The summed E-state index contributed by atoms with van der Waals surface area (Å²) in [6.07, 6.45) is 1.42. The molecule has 3 aromatic carbocycles. The Morgan fingerprint density at radius 1 is 1.00 bits per heavy atom. The second-order valence-electron chi connectivity index (χ2n) is 7.46. The van der Waals surface area contributed by atoms with E-state index in [1.807, 2.05) is 0 Å². The second-order valence-corrected chi connectivity index (χ2v) is 9.32. The van der Waals surface area contributed by atoms with E-state index >= 15 is 0 Å². The molecule has 2 amide bonds. The van der Waals surface area contributed by atoms with Crippen LogP contribution in [0.5, 0.6) is 11.5 Å². The normalized spacial score (nSPS) is 12.4. The van der Waals surface area contributed by atoms with Gasteiger partial charge in [-0.15, -0.1) is 0 Å². The van der Waals surface area contributed by atoms with Gasteiger partial charge in [0.2, 0.25) is 12.7 Å². The smallest absolute Gasteiger partial charge is 0.264 e. The number of carbonyl (C=O) groups is 2. The highest BCUT2D eigenvalue weighted by Crippen LogP contribution is 2.32. The van der Waals surface area contributed by atoms with Gasteiger partial charge in [-0.2, -0.15) is 5.10 Å². The lowest BCUT2D eigenvalue weighted by atomic mass is 10.2. The van der Waals surface area contributed by atoms with Crippen LogP contribution in [-0.4, -0.2) is 39.8 Å². The van der Waals surface area contributed by atoms with E-state index in [0.717, 1.165) is 4.31 Å². The average Bonchev–Trinajstić information content (AvgIpc) is 3.31. The zero-order chi connectivity index (χ0) is 24.8. The second kappa shape index (κ2) is 10.3. The van der Waals surface area contributed by atoms with Crippen LogP contribution in [0.3, 0.4) is 0 Å². The molecule has 1 aliphatic heterocycles. The summed E-state index contributed by atoms with van der Waals surface area (Å²) >= 11 is 0. The minimum atomic E-state index is -4.10. The van der Waals surface area contributed by atoms with Crippen molar-refractivity contribution in [3.8, 4) is 11.5 Å². The molecular weight excluding hydrogens is 472 g/mol. The zero-order valence-corrected chi connectivity index (χ0v) is 19.5. The lowest BCUT2D eigenvalue weighted by Gasteiger charge is -2.23. The first-order valence-electron chi connectivity index (χ1n) is 10.5. The summed E-state index contributed by atoms with van der Waals surface area (Å²) < 4.78 is 38.4. The van der Waals surface area contributed by atoms with Gasteiger partial charge in [-0.1, -0.05) is 18.2 Å². The lowest BCUT2D eigenvalue weighted by molar-refractivity contribution is -0.119. The quantitative estimate of drug-likeness (QED) is 0.366. The van der Waals surface area contributed by atoms with E-state index in [1.165, 1.54) is 37.4 Å². The van der Waals surface area contributed by atoms with E-state index in [0.29, 0.717) is 28.4 Å². The van der Waals surface area contributed by atoms with Gasteiger partial charge in [-0.25, -0.2) is 13.8 Å². The largest absolute Gasteiger partial charge is 0.454 e. The van der Waals surface area contributed by atoms with E-state index in [2.05, 4.69) is 15.8 Å². The molecular formula is C24H22N4O6S. The fourth-order valence-corrected chi connectivity index (χ4v) is 4.71. The predicted octanol–water partition coefficient (Wildman–Crippen LogP) is 2.72. The molecule has 0 radical (unpaired) electrons. The zero-order valence-electron chi connectivity index (χ0n) is 18.7. The Balaban J connectivity index is 1.50. The lowest BCUT2D eigenvalue weighted by Crippen LogP contribution is -2.39. The molecule has 1 heterocycles. The topological polar surface area (TPSA) is 126 Å². The summed E-state index contributed by atoms with van der Waals surface area (Å²) in [6.45, 7) is 1.00. The van der Waals surface area contributed by atoms with Crippen molar-refractivity contribution in [2.24, 2.45) is 5.10 Å². The van der Waals surface area contributed by atoms with Gasteiger partial charge in [0.05, 0.1) is 16.8 Å². The van der Waals surface area contributed by atoms with Crippen molar-refractivity contribution in [1.29, 1.82) is 0 Å². The number of carbonyl (C=O) groups excluding carboxylic acids is 2. The standard InChI is InChI=1S/C24H22N4O6S/c1-17(29)26-19-8-10-21(11-9-19)35(31,32)28(20-5-3-2-4-6-20)15-24(30)27-25-14-18-7-12-22-23(13-18)34-16-33-22/h2-14H,15-16H2,1H3,(H,26,29)(H,27,30)/b25-14-. The van der Waals surface area contributed by atoms with E-state index in [9.17, 15) is 18.0 Å². The van der Waals surface area contributed by atoms with E-state index in [1.54, 1.807) is 48.5 Å². The molecule has 11 heteroatoms. The monoisotopic (exact) mass is 494 g/mol. The molecule has 0 fully saturated rings. The van der Waals surface area contributed by atoms with Crippen LogP contribution in [0.2, 0.25) is 0 Å². The predicted molar refractivity (Wildman–Crippen MR) is 130 cm³/mol. The van der Waals surface area contributed by atoms with E-state index < -0.39 is 22.5 Å². The molecule has 4 rings (SSSR count). The average molecular weight is 495 g/mol. The van der Waals surface area contributed by atoms with Gasteiger partial charge >= 0.3 is 0 Å². The van der Waals surface area contributed by atoms with Gasteiger partial charge in [0.15, 0.2) is 11.5 Å². The first-order valence-corrected chi connectivity index (χ1v) is 11.9. The van der Waals surface area contributed by atoms with Crippen molar-refractivity contribution in [3.63, 3.8) is 0 Å². The van der Waals surface area contributed by atoms with Crippen LogP contribution in [0.1, 0.15) is 12.5 Å². The minimum Gasteiger partial charge on any atom is -0.454 e. The highest BCUT2D eigenvalue weighted by atomic mass is 32.2. The number of anilines is 2. The number of nitrogens with zero attached hydrogens (tertiary/aromatic N) is 2. The highest BCUT2D eigenvalue weighted by molar-refractivity contribution is 7.92. The molecule has 0 aromatic heterocycles. The van der Waals surface area contributed by atoms with Gasteiger partial charge in [-0.3, -0.25) is 13.9 Å². The third-order valence-corrected chi connectivity index (χ3v) is 6.68. The fraction of sp³-hybridized carbons (Fsp3) is 0.125. The maximum Gasteiger partial charge on any atom is 0.264 e.